The number of methoxy groups -OCH3 is 2. The number of hydrogen-bond acceptors (Lipinski definition) is 10. The maximum Gasteiger partial charge on any atom is 0.494 e. The van der Waals surface area contributed by atoms with E-state index in [1.165, 1.54) is 0 Å². The van der Waals surface area contributed by atoms with Gasteiger partial charge >= 0.3 is 21.1 Å². The molecule has 2 aromatic heterocycles. The Labute approximate surface area is 442 Å². The molecule has 11 rings (SSSR count). The molecule has 0 saturated carbocycles. The van der Waals surface area contributed by atoms with Gasteiger partial charge in [0.05, 0.1) is 58.9 Å². The summed E-state index contributed by atoms with van der Waals surface area (Å²) in [6.07, 6.45) is 0. The Morgan fingerprint density at radius 1 is 0.419 bits per heavy atom. The highest BCUT2D eigenvalue weighted by Gasteiger charge is 2.63. The first-order chi connectivity index (χ1) is 35.0. The van der Waals surface area contributed by atoms with Crippen LogP contribution in [-0.2, 0) is 27.9 Å². The fourth-order valence-corrected chi connectivity index (χ4v) is 9.15. The molecule has 74 heavy (non-hydrogen) atoms. The van der Waals surface area contributed by atoms with Crippen molar-refractivity contribution < 1.29 is 37.4 Å². The molecule has 0 radical (unpaired) electrons. The second-order valence-electron chi connectivity index (χ2n) is 21.8. The summed E-state index contributed by atoms with van der Waals surface area (Å²) in [6, 6.07) is 48.3. The van der Waals surface area contributed by atoms with Crippen molar-refractivity contribution >= 4 is 60.3 Å². The number of imidazole rings is 2. The van der Waals surface area contributed by atoms with Crippen molar-refractivity contribution in [3.8, 4) is 45.6 Å². The lowest BCUT2D eigenvalue weighted by Gasteiger charge is -2.32. The number of hydrogen-bond donors (Lipinski definition) is 0. The fraction of sp³-hybridized carbons (Fsp3) is 0.345. The minimum atomic E-state index is -0.476. The zero-order valence-corrected chi connectivity index (χ0v) is 45.8. The lowest BCUT2D eigenvalue weighted by molar-refractivity contribution is 0.00578. The number of aromatic nitrogens is 4. The number of para-hydroxylation sites is 2. The van der Waals surface area contributed by atoms with Crippen LogP contribution in [0.25, 0.3) is 56.2 Å². The quantitative estimate of drug-likeness (QED) is 0.137. The van der Waals surface area contributed by atoms with Gasteiger partial charge in [0.2, 0.25) is 0 Å². The summed E-state index contributed by atoms with van der Waals surface area (Å²) >= 11 is 6.21. The van der Waals surface area contributed by atoms with Gasteiger partial charge < -0.3 is 37.4 Å². The highest BCUT2D eigenvalue weighted by atomic mass is 35.5. The van der Waals surface area contributed by atoms with Crippen molar-refractivity contribution in [3.05, 3.63) is 151 Å². The van der Waals surface area contributed by atoms with Crippen molar-refractivity contribution in [2.45, 2.75) is 117 Å². The largest absolute Gasteiger partial charge is 0.494 e. The van der Waals surface area contributed by atoms with Gasteiger partial charge in [0.25, 0.3) is 0 Å². The third kappa shape index (κ3) is 10.0. The van der Waals surface area contributed by atoms with E-state index in [1.807, 2.05) is 159 Å². The average molecular weight is 1020 g/mol. The SMILES string of the molecule is CC1(C)OB(B2OC(C)(C)C(C)(C)O2)OC1(C)C.COc1cccc2c1nc(-c1ccccc1)n2-c1cccc(B2OC(C)(C)C(C)(C)O2)c1.COc1cccc2c1nc(-c1ccccc1)n2-c1cccc(Cl)c1. The van der Waals surface area contributed by atoms with Gasteiger partial charge in [0, 0.05) is 27.5 Å². The van der Waals surface area contributed by atoms with Gasteiger partial charge in [0.15, 0.2) is 0 Å². The van der Waals surface area contributed by atoms with E-state index in [9.17, 15) is 0 Å². The van der Waals surface area contributed by atoms with E-state index in [1.54, 1.807) is 14.2 Å². The van der Waals surface area contributed by atoms with Gasteiger partial charge in [-0.15, -0.1) is 0 Å². The predicted octanol–water partition coefficient (Wildman–Crippen LogP) is 12.6. The molecule has 12 nitrogen and oxygen atoms in total. The zero-order valence-electron chi connectivity index (χ0n) is 45.0. The Morgan fingerprint density at radius 2 is 0.784 bits per heavy atom. The van der Waals surface area contributed by atoms with Crippen molar-refractivity contribution in [2.24, 2.45) is 0 Å². The molecule has 0 spiro atoms. The summed E-state index contributed by atoms with van der Waals surface area (Å²) in [7, 11) is 1.96. The molecule has 3 aliphatic heterocycles. The van der Waals surface area contributed by atoms with Crippen LogP contribution >= 0.6 is 11.6 Å². The summed E-state index contributed by atoms with van der Waals surface area (Å²) in [5.41, 5.74) is 6.41. The highest BCUT2D eigenvalue weighted by molar-refractivity contribution is 7.11. The minimum Gasteiger partial charge on any atom is -0.494 e. The predicted molar refractivity (Wildman–Crippen MR) is 299 cm³/mol. The molecule has 0 atom stereocenters. The van der Waals surface area contributed by atoms with E-state index in [2.05, 4.69) is 79.3 Å². The molecule has 3 aliphatic rings. The van der Waals surface area contributed by atoms with Crippen LogP contribution in [0.15, 0.2) is 146 Å². The number of halogens is 1. The van der Waals surface area contributed by atoms with Crippen LogP contribution in [-0.4, -0.2) is 88.1 Å². The average Bonchev–Trinajstić information content (AvgIpc) is 4.12. The standard InChI is InChI=1S/C26H27BN2O3.C20H15ClN2O.C12H24B2O4/c1-25(2)26(3,4)32-27(31-25)19-13-9-14-20(17-19)29-21-15-10-16-22(30-5)23(21)28-24(29)18-11-7-6-8-12-18;1-24-18-12-6-11-17-19(18)22-20(14-7-3-2-4-8-14)23(17)16-10-5-9-15(21)13-16;1-9(2)10(3,4)16-13(15-9)14-17-11(5,6)12(7,8)18-14/h6-17H,1-5H3;2-13H,1H3;1-8H3. The third-order valence-corrected chi connectivity index (χ3v) is 15.5. The first-order valence-electron chi connectivity index (χ1n) is 25.1. The number of nitrogens with zero attached hydrogens (tertiary/aromatic N) is 4. The van der Waals surface area contributed by atoms with Gasteiger partial charge in [-0.2, -0.15) is 0 Å². The van der Waals surface area contributed by atoms with Crippen LogP contribution in [0.1, 0.15) is 83.1 Å². The highest BCUT2D eigenvalue weighted by Crippen LogP contribution is 2.44. The topological polar surface area (TPSA) is 109 Å². The maximum absolute atomic E-state index is 6.29. The second kappa shape index (κ2) is 20.0. The van der Waals surface area contributed by atoms with Gasteiger partial charge in [-0.05, 0) is 143 Å². The molecule has 5 heterocycles. The van der Waals surface area contributed by atoms with Crippen LogP contribution < -0.4 is 14.9 Å². The summed E-state index contributed by atoms with van der Waals surface area (Å²) in [5.74, 6) is 3.22. The van der Waals surface area contributed by atoms with Crippen molar-refractivity contribution in [3.63, 3.8) is 0 Å². The molecule has 0 amide bonds. The van der Waals surface area contributed by atoms with Crippen LogP contribution in [0.5, 0.6) is 11.5 Å². The lowest BCUT2D eigenvalue weighted by atomic mass is 9.49. The zero-order chi connectivity index (χ0) is 53.0. The summed E-state index contributed by atoms with van der Waals surface area (Å²) < 4.78 is 51.8. The Bertz CT molecular complexity index is 3210. The van der Waals surface area contributed by atoms with Crippen LogP contribution in [0, 0.1) is 0 Å². The first kappa shape index (κ1) is 52.9. The van der Waals surface area contributed by atoms with E-state index in [0.29, 0.717) is 5.02 Å². The van der Waals surface area contributed by atoms with E-state index in [-0.39, 0.29) is 22.4 Å². The molecular formula is C58H66B3ClN4O8. The van der Waals surface area contributed by atoms with E-state index in [0.717, 1.165) is 73.2 Å². The monoisotopic (exact) mass is 1010 g/mol. The number of ether oxygens (including phenoxy) is 2. The molecule has 382 valence electrons. The third-order valence-electron chi connectivity index (χ3n) is 15.3. The summed E-state index contributed by atoms with van der Waals surface area (Å²) in [6.45, 7) is 24.5. The number of fused-ring (bicyclic) bond motifs is 2. The Morgan fingerprint density at radius 3 is 1.18 bits per heavy atom. The van der Waals surface area contributed by atoms with Crippen molar-refractivity contribution in [2.75, 3.05) is 14.2 Å². The number of rotatable bonds is 8. The van der Waals surface area contributed by atoms with Gasteiger partial charge in [0.1, 0.15) is 34.2 Å². The van der Waals surface area contributed by atoms with Crippen molar-refractivity contribution in [1.29, 1.82) is 0 Å². The maximum atomic E-state index is 6.29. The first-order valence-corrected chi connectivity index (χ1v) is 25.5. The van der Waals surface area contributed by atoms with Crippen LogP contribution in [0.2, 0.25) is 5.02 Å². The number of benzene rings is 6. The smallest absolute Gasteiger partial charge is 0.494 e. The summed E-state index contributed by atoms with van der Waals surface area (Å²) in [4.78, 5) is 9.83. The molecule has 0 N–H and O–H groups in total. The molecule has 16 heteroatoms. The fourth-order valence-electron chi connectivity index (χ4n) is 8.97. The lowest BCUT2D eigenvalue weighted by Crippen LogP contribution is -2.41. The van der Waals surface area contributed by atoms with Gasteiger partial charge in [-0.1, -0.05) is 103 Å². The Hall–Kier alpha value is -5.90. The molecule has 3 fully saturated rings. The van der Waals surface area contributed by atoms with Gasteiger partial charge in [-0.3, -0.25) is 9.13 Å². The molecule has 6 aromatic carbocycles. The Balaban J connectivity index is 0.000000142. The minimum absolute atomic E-state index is 0.360. The van der Waals surface area contributed by atoms with Crippen LogP contribution in [0.3, 0.4) is 0 Å². The molecular weight excluding hydrogens is 949 g/mol. The molecule has 0 aliphatic carbocycles. The summed E-state index contributed by atoms with van der Waals surface area (Å²) in [5, 5.41) is 0.691. The second-order valence-corrected chi connectivity index (χ2v) is 22.3. The van der Waals surface area contributed by atoms with Gasteiger partial charge in [-0.25, -0.2) is 9.97 Å². The van der Waals surface area contributed by atoms with E-state index in [4.69, 9.17) is 59.0 Å². The van der Waals surface area contributed by atoms with E-state index < -0.39 is 32.3 Å². The van der Waals surface area contributed by atoms with Crippen LogP contribution in [0.4, 0.5) is 0 Å². The molecule has 0 unspecified atom stereocenters. The molecule has 0 bridgehead atoms. The normalized spacial score (nSPS) is 18.7. The van der Waals surface area contributed by atoms with Crippen molar-refractivity contribution in [1.82, 2.24) is 19.1 Å². The van der Waals surface area contributed by atoms with E-state index >= 15 is 0 Å². The Kier molecular flexibility index (Phi) is 14.3. The molecule has 8 aromatic rings. The molecule has 3 saturated heterocycles.